The molecule has 1 atom stereocenters. The first kappa shape index (κ1) is 24.5. The van der Waals surface area contributed by atoms with E-state index in [9.17, 15) is 19.3 Å². The highest BCUT2D eigenvalue weighted by Crippen LogP contribution is 2.52. The summed E-state index contributed by atoms with van der Waals surface area (Å²) in [4.78, 5) is 4.22. The van der Waals surface area contributed by atoms with Crippen LogP contribution < -0.4 is 5.32 Å². The standard InChI is InChI=1S/C35H20F2N4/c1-35(41-19-39)32-15-23(21-5-3-7-25(37)13-21)9-11-27(32)29-16-31-28(17-33(29)35)26-10-8-22(14-30(26)34(31)40-18-38)20-4-2-6-24(36)12-20/h2-17,41H,1H3/b40-34+. The molecule has 1 unspecified atom stereocenters. The monoisotopic (exact) mass is 534 g/mol. The van der Waals surface area contributed by atoms with Crippen LogP contribution in [0, 0.1) is 34.5 Å². The lowest BCUT2D eigenvalue weighted by molar-refractivity contribution is 0.530. The summed E-state index contributed by atoms with van der Waals surface area (Å²) in [6, 6.07) is 28.7. The van der Waals surface area contributed by atoms with Gasteiger partial charge >= 0.3 is 0 Å². The first-order chi connectivity index (χ1) is 19.9. The normalized spacial score (nSPS) is 16.8. The lowest BCUT2D eigenvalue weighted by Crippen LogP contribution is -2.35. The van der Waals surface area contributed by atoms with Gasteiger partial charge in [-0.2, -0.15) is 15.5 Å². The molecular weight excluding hydrogens is 514 g/mol. The smallest absolute Gasteiger partial charge is 0.206 e. The number of nitrogens with one attached hydrogen (secondary N) is 1. The molecule has 4 nitrogen and oxygen atoms in total. The molecule has 0 aromatic heterocycles. The van der Waals surface area contributed by atoms with Gasteiger partial charge in [-0.3, -0.25) is 0 Å². The highest BCUT2D eigenvalue weighted by molar-refractivity contribution is 6.26. The predicted molar refractivity (Wildman–Crippen MR) is 155 cm³/mol. The average molecular weight is 535 g/mol. The van der Waals surface area contributed by atoms with Gasteiger partial charge in [-0.15, -0.1) is 0 Å². The molecule has 41 heavy (non-hydrogen) atoms. The van der Waals surface area contributed by atoms with E-state index in [1.54, 1.807) is 12.1 Å². The van der Waals surface area contributed by atoms with Gasteiger partial charge in [-0.25, -0.2) is 8.78 Å². The van der Waals surface area contributed by atoms with E-state index in [2.05, 4.69) is 22.6 Å². The van der Waals surface area contributed by atoms with Crippen LogP contribution >= 0.6 is 0 Å². The zero-order valence-electron chi connectivity index (χ0n) is 21.8. The lowest BCUT2D eigenvalue weighted by atomic mass is 9.87. The van der Waals surface area contributed by atoms with Gasteiger partial charge in [-0.1, -0.05) is 48.5 Å². The molecule has 0 heterocycles. The third-order valence-corrected chi connectivity index (χ3v) is 8.15. The van der Waals surface area contributed by atoms with Gasteiger partial charge in [0.2, 0.25) is 6.19 Å². The van der Waals surface area contributed by atoms with Crippen LogP contribution in [-0.4, -0.2) is 5.71 Å². The van der Waals surface area contributed by atoms with Crippen LogP contribution in [0.5, 0.6) is 0 Å². The van der Waals surface area contributed by atoms with Gasteiger partial charge in [0.15, 0.2) is 6.19 Å². The van der Waals surface area contributed by atoms with Crippen molar-refractivity contribution >= 4 is 5.71 Å². The van der Waals surface area contributed by atoms with Crippen LogP contribution in [0.4, 0.5) is 8.78 Å². The Bertz CT molecular complexity index is 2050. The summed E-state index contributed by atoms with van der Waals surface area (Å²) in [6.07, 6.45) is 4.09. The van der Waals surface area contributed by atoms with Crippen molar-refractivity contribution < 1.29 is 8.78 Å². The van der Waals surface area contributed by atoms with Crippen molar-refractivity contribution in [3.8, 4) is 56.9 Å². The van der Waals surface area contributed by atoms with Crippen molar-refractivity contribution in [2.45, 2.75) is 12.5 Å². The summed E-state index contributed by atoms with van der Waals surface area (Å²) in [7, 11) is 0. The van der Waals surface area contributed by atoms with E-state index >= 15 is 0 Å². The Hall–Kier alpha value is -5.59. The van der Waals surface area contributed by atoms with E-state index in [1.807, 2.05) is 67.7 Å². The number of nitrogens with zero attached hydrogens (tertiary/aromatic N) is 3. The van der Waals surface area contributed by atoms with Crippen molar-refractivity contribution in [2.24, 2.45) is 4.99 Å². The van der Waals surface area contributed by atoms with Crippen molar-refractivity contribution in [2.75, 3.05) is 0 Å². The molecule has 0 spiro atoms. The number of nitriles is 2. The summed E-state index contributed by atoms with van der Waals surface area (Å²) >= 11 is 0. The predicted octanol–water partition coefficient (Wildman–Crippen LogP) is 7.91. The molecule has 0 fully saturated rings. The second kappa shape index (κ2) is 8.98. The SMILES string of the molecule is CC1(NC#N)c2cc(-c3cccc(F)c3)ccc2-c2cc3c(cc21)-c1ccc(-c2cccc(F)c2)cc1/C3=N\C#N. The summed E-state index contributed by atoms with van der Waals surface area (Å²) in [5.74, 6) is -0.638. The number of fused-ring (bicyclic) bond motifs is 6. The van der Waals surface area contributed by atoms with E-state index in [4.69, 9.17) is 0 Å². The Morgan fingerprint density at radius 2 is 1.20 bits per heavy atom. The number of hydrogen-bond acceptors (Lipinski definition) is 4. The van der Waals surface area contributed by atoms with Crippen molar-refractivity contribution in [3.05, 3.63) is 131 Å². The fourth-order valence-electron chi connectivity index (χ4n) is 6.23. The van der Waals surface area contributed by atoms with E-state index in [0.717, 1.165) is 66.8 Å². The Labute approximate surface area is 235 Å². The quantitative estimate of drug-likeness (QED) is 0.185. The van der Waals surface area contributed by atoms with Gasteiger partial charge in [0.25, 0.3) is 0 Å². The van der Waals surface area contributed by atoms with Gasteiger partial charge in [0.1, 0.15) is 11.6 Å². The molecule has 194 valence electrons. The third kappa shape index (κ3) is 3.66. The van der Waals surface area contributed by atoms with Crippen LogP contribution in [0.3, 0.4) is 0 Å². The summed E-state index contributed by atoms with van der Waals surface area (Å²) < 4.78 is 28.0. The number of aliphatic imine (C=N–C) groups is 1. The van der Waals surface area contributed by atoms with E-state index in [1.165, 1.54) is 24.3 Å². The third-order valence-electron chi connectivity index (χ3n) is 8.15. The van der Waals surface area contributed by atoms with E-state index in [-0.39, 0.29) is 11.6 Å². The lowest BCUT2D eigenvalue weighted by Gasteiger charge is -2.26. The Morgan fingerprint density at radius 1 is 0.610 bits per heavy atom. The fourth-order valence-corrected chi connectivity index (χ4v) is 6.23. The topological polar surface area (TPSA) is 72.0 Å². The molecule has 0 saturated heterocycles. The molecule has 1 N–H and O–H groups in total. The Balaban J connectivity index is 1.42. The largest absolute Gasteiger partial charge is 0.310 e. The number of hydrogen-bond donors (Lipinski definition) is 1. The van der Waals surface area contributed by atoms with Crippen molar-refractivity contribution in [3.63, 3.8) is 0 Å². The first-order valence-corrected chi connectivity index (χ1v) is 13.0. The molecule has 2 aliphatic carbocycles. The molecule has 0 radical (unpaired) electrons. The highest BCUT2D eigenvalue weighted by atomic mass is 19.1. The van der Waals surface area contributed by atoms with Gasteiger partial charge < -0.3 is 5.32 Å². The van der Waals surface area contributed by atoms with Crippen LogP contribution in [0.15, 0.2) is 102 Å². The average Bonchev–Trinajstić information content (AvgIpc) is 3.40. The van der Waals surface area contributed by atoms with Gasteiger partial charge in [-0.05, 0) is 111 Å². The zero-order chi connectivity index (χ0) is 28.3. The van der Waals surface area contributed by atoms with Gasteiger partial charge in [0.05, 0.1) is 11.3 Å². The van der Waals surface area contributed by atoms with E-state index < -0.39 is 5.54 Å². The van der Waals surface area contributed by atoms with Crippen molar-refractivity contribution in [1.29, 1.82) is 10.5 Å². The second-order valence-electron chi connectivity index (χ2n) is 10.4. The maximum absolute atomic E-state index is 14.0. The van der Waals surface area contributed by atoms with E-state index in [0.29, 0.717) is 5.71 Å². The summed E-state index contributed by atoms with van der Waals surface area (Å²) in [5, 5.41) is 22.4. The minimum absolute atomic E-state index is 0.316. The fraction of sp³-hybridized carbons (Fsp3) is 0.0571. The second-order valence-corrected chi connectivity index (χ2v) is 10.4. The molecule has 0 bridgehead atoms. The number of benzene rings is 5. The summed E-state index contributed by atoms with van der Waals surface area (Å²) in [6.45, 7) is 1.97. The van der Waals surface area contributed by atoms with Crippen LogP contribution in [0.2, 0.25) is 0 Å². The Morgan fingerprint density at radius 3 is 1.83 bits per heavy atom. The molecule has 5 aromatic carbocycles. The highest BCUT2D eigenvalue weighted by Gasteiger charge is 2.42. The molecule has 0 saturated carbocycles. The first-order valence-electron chi connectivity index (χ1n) is 13.0. The molecule has 0 amide bonds. The zero-order valence-corrected chi connectivity index (χ0v) is 21.8. The maximum atomic E-state index is 14.0. The molecular formula is C35H20F2N4. The van der Waals surface area contributed by atoms with Crippen LogP contribution in [0.25, 0.3) is 44.5 Å². The maximum Gasteiger partial charge on any atom is 0.206 e. The van der Waals surface area contributed by atoms with Crippen molar-refractivity contribution in [1.82, 2.24) is 5.32 Å². The van der Waals surface area contributed by atoms with Crippen LogP contribution in [0.1, 0.15) is 29.2 Å². The van der Waals surface area contributed by atoms with Crippen LogP contribution in [-0.2, 0) is 5.54 Å². The molecule has 6 heteroatoms. The van der Waals surface area contributed by atoms with Gasteiger partial charge in [0, 0.05) is 11.1 Å². The number of rotatable bonds is 3. The molecule has 5 aromatic rings. The number of halogens is 2. The Kier molecular flexibility index (Phi) is 5.35. The molecule has 2 aliphatic rings. The molecule has 7 rings (SSSR count). The minimum Gasteiger partial charge on any atom is -0.310 e. The molecule has 0 aliphatic heterocycles. The summed E-state index contributed by atoms with van der Waals surface area (Å²) in [5.41, 5.74) is 9.98. The minimum atomic E-state index is -0.839.